The van der Waals surface area contributed by atoms with Crippen LogP contribution in [-0.4, -0.2) is 59.5 Å². The minimum Gasteiger partial charge on any atom is -0.374 e. The number of oxime groups is 1. The summed E-state index contributed by atoms with van der Waals surface area (Å²) in [6.45, 7) is -2.20. The van der Waals surface area contributed by atoms with Crippen LogP contribution >= 0.6 is 23.2 Å². The first kappa shape index (κ1) is 31.5. The molecule has 2 aromatic carbocycles. The highest BCUT2D eigenvalue weighted by molar-refractivity contribution is 6.34. The first-order chi connectivity index (χ1) is 19.3. The van der Waals surface area contributed by atoms with Gasteiger partial charge >= 0.3 is 24.6 Å². The number of carbonyl (C=O) groups excluding carboxylic acids is 2. The fourth-order valence-electron chi connectivity index (χ4n) is 4.43. The Bertz CT molecular complexity index is 1410. The van der Waals surface area contributed by atoms with E-state index >= 15 is 0 Å². The van der Waals surface area contributed by atoms with Crippen LogP contribution < -0.4 is 5.43 Å². The number of amides is 3. The van der Waals surface area contributed by atoms with Crippen molar-refractivity contribution >= 4 is 40.9 Å². The first-order valence-corrected chi connectivity index (χ1v) is 12.5. The molecule has 1 unspecified atom stereocenters. The van der Waals surface area contributed by atoms with Crippen molar-refractivity contribution in [2.24, 2.45) is 5.16 Å². The molecule has 0 bridgehead atoms. The van der Waals surface area contributed by atoms with E-state index in [0.717, 1.165) is 24.3 Å². The van der Waals surface area contributed by atoms with Crippen molar-refractivity contribution in [2.75, 3.05) is 19.6 Å². The highest BCUT2D eigenvalue weighted by Gasteiger charge is 2.62. The van der Waals surface area contributed by atoms with Gasteiger partial charge in [0.1, 0.15) is 6.54 Å². The van der Waals surface area contributed by atoms with Crippen LogP contribution in [-0.2, 0) is 16.6 Å². The molecule has 1 fully saturated rings. The van der Waals surface area contributed by atoms with Gasteiger partial charge in [-0.05, 0) is 36.8 Å². The molecule has 0 radical (unpaired) electrons. The van der Waals surface area contributed by atoms with Crippen molar-refractivity contribution in [3.05, 3.63) is 68.7 Å². The van der Waals surface area contributed by atoms with Crippen LogP contribution in [0.15, 0.2) is 41.6 Å². The first-order valence-electron chi connectivity index (χ1n) is 11.7. The van der Waals surface area contributed by atoms with Crippen molar-refractivity contribution in [3.8, 4) is 0 Å². The second kappa shape index (κ2) is 11.0. The second-order valence-corrected chi connectivity index (χ2v) is 10.2. The van der Waals surface area contributed by atoms with Gasteiger partial charge in [-0.2, -0.15) is 39.5 Å². The molecule has 2 aliphatic heterocycles. The number of benzene rings is 2. The van der Waals surface area contributed by atoms with Crippen molar-refractivity contribution in [3.63, 3.8) is 0 Å². The lowest BCUT2D eigenvalue weighted by Gasteiger charge is -2.35. The number of nitrogens with one attached hydrogen (secondary N) is 1. The van der Waals surface area contributed by atoms with Gasteiger partial charge in [-0.3, -0.25) is 10.2 Å². The average Bonchev–Trinajstić information content (AvgIpc) is 3.31. The predicted octanol–water partition coefficient (Wildman–Crippen LogP) is 6.93. The van der Waals surface area contributed by atoms with E-state index in [4.69, 9.17) is 28.0 Å². The molecule has 7 nitrogen and oxygen atoms in total. The molecule has 1 N–H and O–H groups in total. The molecule has 1 saturated heterocycles. The summed E-state index contributed by atoms with van der Waals surface area (Å²) >= 11 is 11.7. The summed E-state index contributed by atoms with van der Waals surface area (Å²) in [5, 5.41) is 3.52. The molecule has 2 aromatic rings. The van der Waals surface area contributed by atoms with Crippen LogP contribution in [0.25, 0.3) is 0 Å². The molecule has 1 atom stereocenters. The Labute approximate surface area is 240 Å². The van der Waals surface area contributed by atoms with Gasteiger partial charge in [0.25, 0.3) is 11.5 Å². The molecule has 0 aromatic heterocycles. The Morgan fingerprint density at radius 3 is 2.19 bits per heavy atom. The van der Waals surface area contributed by atoms with Crippen molar-refractivity contribution < 1.29 is 53.9 Å². The molecule has 2 aliphatic rings. The number of halogens is 11. The highest BCUT2D eigenvalue weighted by Crippen LogP contribution is 2.50. The van der Waals surface area contributed by atoms with Crippen LogP contribution in [0.1, 0.15) is 39.9 Å². The molecule has 3 amide bonds. The largest absolute Gasteiger partial charge is 0.435 e. The smallest absolute Gasteiger partial charge is 0.374 e. The normalized spacial score (nSPS) is 20.0. The standard InChI is InChI=1S/C24H17Cl2F9N4O3/c25-14-7-13(8-15(26)9-14)21(24(33,34)35)10-18(37-42-21)12-2-3-16(17(6-12)23(30,31)32)19(40)36-39-5-1-4-38(20(39)41)11-22(27,28)29/h2-3,6-9H,1,4-5,10-11H2,(H,36,40). The van der Waals surface area contributed by atoms with E-state index in [1.165, 1.54) is 0 Å². The lowest BCUT2D eigenvalue weighted by atomic mass is 9.86. The van der Waals surface area contributed by atoms with E-state index in [0.29, 0.717) is 22.0 Å². The maximum absolute atomic E-state index is 14.2. The summed E-state index contributed by atoms with van der Waals surface area (Å²) in [4.78, 5) is 30.3. The molecule has 4 rings (SSSR count). The van der Waals surface area contributed by atoms with Crippen molar-refractivity contribution in [2.45, 2.75) is 37.0 Å². The van der Waals surface area contributed by atoms with Gasteiger partial charge in [-0.15, -0.1) is 0 Å². The predicted molar refractivity (Wildman–Crippen MR) is 130 cm³/mol. The van der Waals surface area contributed by atoms with Crippen molar-refractivity contribution in [1.29, 1.82) is 0 Å². The van der Waals surface area contributed by atoms with E-state index in [1.54, 1.807) is 0 Å². The average molecular weight is 651 g/mol. The SMILES string of the molecule is O=C(NN1CCCN(CC(F)(F)F)C1=O)c1ccc(C2=NOC(c3cc(Cl)cc(Cl)c3)(C(F)(F)F)C2)cc1C(F)(F)F. The van der Waals surface area contributed by atoms with Gasteiger partial charge in [-0.25, -0.2) is 9.80 Å². The van der Waals surface area contributed by atoms with E-state index in [9.17, 15) is 49.1 Å². The fourth-order valence-corrected chi connectivity index (χ4v) is 4.96. The number of alkyl halides is 9. The van der Waals surface area contributed by atoms with Crippen molar-refractivity contribution in [1.82, 2.24) is 15.3 Å². The second-order valence-electron chi connectivity index (χ2n) is 9.31. The quantitative estimate of drug-likeness (QED) is 0.357. The Hall–Kier alpha value is -3.40. The number of hydrogen-bond donors (Lipinski definition) is 1. The molecule has 0 aliphatic carbocycles. The van der Waals surface area contributed by atoms with Crippen LogP contribution in [0, 0.1) is 0 Å². The minimum absolute atomic E-state index is 0.0220. The van der Waals surface area contributed by atoms with Crippen LogP contribution in [0.2, 0.25) is 10.0 Å². The molecule has 228 valence electrons. The van der Waals surface area contributed by atoms with Gasteiger partial charge in [-0.1, -0.05) is 34.4 Å². The van der Waals surface area contributed by atoms with E-state index in [1.807, 2.05) is 5.43 Å². The third kappa shape index (κ3) is 6.48. The minimum atomic E-state index is -5.22. The lowest BCUT2D eigenvalue weighted by Crippen LogP contribution is -2.58. The Morgan fingerprint density at radius 1 is 0.976 bits per heavy atom. The number of nitrogens with zero attached hydrogens (tertiary/aromatic N) is 3. The topological polar surface area (TPSA) is 74.2 Å². The number of hydrazine groups is 1. The number of hydrogen-bond acceptors (Lipinski definition) is 4. The van der Waals surface area contributed by atoms with Gasteiger partial charge in [0, 0.05) is 40.7 Å². The van der Waals surface area contributed by atoms with E-state index < -0.39 is 77.0 Å². The summed E-state index contributed by atoms with van der Waals surface area (Å²) in [6, 6.07) is 3.64. The molecular weight excluding hydrogens is 634 g/mol. The summed E-state index contributed by atoms with van der Waals surface area (Å²) in [6.07, 6.45) is -16.2. The zero-order valence-electron chi connectivity index (χ0n) is 20.7. The van der Waals surface area contributed by atoms with Crippen LogP contribution in [0.4, 0.5) is 44.3 Å². The number of rotatable bonds is 5. The Kier molecular flexibility index (Phi) is 8.28. The highest BCUT2D eigenvalue weighted by atomic mass is 35.5. The summed E-state index contributed by atoms with van der Waals surface area (Å²) in [5.41, 5.74) is -5.48. The van der Waals surface area contributed by atoms with E-state index in [-0.39, 0.29) is 29.6 Å². The van der Waals surface area contributed by atoms with Gasteiger partial charge in [0.15, 0.2) is 0 Å². The number of carbonyl (C=O) groups is 2. The third-order valence-corrected chi connectivity index (χ3v) is 6.77. The van der Waals surface area contributed by atoms with Gasteiger partial charge in [0.2, 0.25) is 0 Å². The molecule has 42 heavy (non-hydrogen) atoms. The molecule has 18 heteroatoms. The maximum Gasteiger partial charge on any atom is 0.435 e. The Balaban J connectivity index is 1.62. The monoisotopic (exact) mass is 650 g/mol. The Morgan fingerprint density at radius 2 is 1.62 bits per heavy atom. The molecule has 2 heterocycles. The molecular formula is C24H17Cl2F9N4O3. The van der Waals surface area contributed by atoms with Gasteiger partial charge in [0.05, 0.1) is 16.8 Å². The summed E-state index contributed by atoms with van der Waals surface area (Å²) < 4.78 is 123. The third-order valence-electron chi connectivity index (χ3n) is 6.34. The lowest BCUT2D eigenvalue weighted by molar-refractivity contribution is -0.275. The summed E-state index contributed by atoms with van der Waals surface area (Å²) in [7, 11) is 0. The zero-order valence-corrected chi connectivity index (χ0v) is 22.2. The summed E-state index contributed by atoms with van der Waals surface area (Å²) in [5.74, 6) is -1.49. The molecule has 0 saturated carbocycles. The van der Waals surface area contributed by atoms with Gasteiger partial charge < -0.3 is 9.74 Å². The van der Waals surface area contributed by atoms with Crippen LogP contribution in [0.5, 0.6) is 0 Å². The van der Waals surface area contributed by atoms with E-state index in [2.05, 4.69) is 5.16 Å². The van der Waals surface area contributed by atoms with Crippen LogP contribution in [0.3, 0.4) is 0 Å². The fraction of sp³-hybridized carbons (Fsp3) is 0.375. The zero-order chi connectivity index (χ0) is 31.3. The number of urea groups is 1. The maximum atomic E-state index is 14.2. The molecule has 0 spiro atoms.